The third-order valence-electron chi connectivity index (χ3n) is 2.32. The number of aliphatic hydroxyl groups is 1. The fourth-order valence-corrected chi connectivity index (χ4v) is 2.05. The quantitative estimate of drug-likeness (QED) is 0.895. The monoisotopic (exact) mass is 330 g/mol. The summed E-state index contributed by atoms with van der Waals surface area (Å²) >= 11 is 8.98. The van der Waals surface area contributed by atoms with Crippen LogP contribution in [0, 0.1) is 5.82 Å². The summed E-state index contributed by atoms with van der Waals surface area (Å²) in [6.45, 7) is -0.0523. The average Bonchev–Trinajstić information content (AvgIpc) is 2.34. The van der Waals surface area contributed by atoms with E-state index in [9.17, 15) is 4.39 Å². The second-order valence-electron chi connectivity index (χ2n) is 3.59. The SMILES string of the molecule is OCc1ccc(Oc2ccc(F)c(Cl)c2)cc1Br. The number of halogens is 3. The maximum Gasteiger partial charge on any atom is 0.142 e. The van der Waals surface area contributed by atoms with Crippen LogP contribution in [0.3, 0.4) is 0 Å². The molecule has 2 aromatic carbocycles. The van der Waals surface area contributed by atoms with E-state index in [1.165, 1.54) is 18.2 Å². The molecule has 5 heteroatoms. The highest BCUT2D eigenvalue weighted by Gasteiger charge is 2.05. The summed E-state index contributed by atoms with van der Waals surface area (Å²) in [6.07, 6.45) is 0. The molecule has 2 rings (SSSR count). The molecule has 0 amide bonds. The van der Waals surface area contributed by atoms with E-state index < -0.39 is 5.82 Å². The van der Waals surface area contributed by atoms with Crippen LogP contribution >= 0.6 is 27.5 Å². The Morgan fingerprint density at radius 2 is 1.83 bits per heavy atom. The predicted octanol–water partition coefficient (Wildman–Crippen LogP) is 4.53. The van der Waals surface area contributed by atoms with Crippen molar-refractivity contribution in [2.45, 2.75) is 6.61 Å². The molecule has 0 aromatic heterocycles. The van der Waals surface area contributed by atoms with Gasteiger partial charge in [-0.2, -0.15) is 0 Å². The van der Waals surface area contributed by atoms with Gasteiger partial charge < -0.3 is 9.84 Å². The molecule has 18 heavy (non-hydrogen) atoms. The lowest BCUT2D eigenvalue weighted by molar-refractivity contribution is 0.281. The third-order valence-corrected chi connectivity index (χ3v) is 3.35. The van der Waals surface area contributed by atoms with Gasteiger partial charge in [0.2, 0.25) is 0 Å². The largest absolute Gasteiger partial charge is 0.457 e. The van der Waals surface area contributed by atoms with E-state index in [1.807, 2.05) is 0 Å². The average molecular weight is 332 g/mol. The second-order valence-corrected chi connectivity index (χ2v) is 4.85. The third kappa shape index (κ3) is 3.02. The van der Waals surface area contributed by atoms with Crippen molar-refractivity contribution >= 4 is 27.5 Å². The Morgan fingerprint density at radius 1 is 1.17 bits per heavy atom. The maximum atomic E-state index is 13.0. The van der Waals surface area contributed by atoms with Gasteiger partial charge in [0.25, 0.3) is 0 Å². The number of aliphatic hydroxyl groups excluding tert-OH is 1. The van der Waals surface area contributed by atoms with Gasteiger partial charge in [0, 0.05) is 10.5 Å². The minimum Gasteiger partial charge on any atom is -0.457 e. The number of rotatable bonds is 3. The lowest BCUT2D eigenvalue weighted by Gasteiger charge is -2.08. The normalized spacial score (nSPS) is 10.4. The molecule has 0 unspecified atom stereocenters. The lowest BCUT2D eigenvalue weighted by atomic mass is 10.2. The molecule has 0 aliphatic heterocycles. The van der Waals surface area contributed by atoms with Crippen molar-refractivity contribution in [2.75, 3.05) is 0 Å². The molecular formula is C13H9BrClFO2. The van der Waals surface area contributed by atoms with E-state index in [2.05, 4.69) is 15.9 Å². The number of hydrogen-bond donors (Lipinski definition) is 1. The minimum absolute atomic E-state index is 0.0125. The summed E-state index contributed by atoms with van der Waals surface area (Å²) in [5, 5.41) is 9.05. The Hall–Kier alpha value is -1.10. The minimum atomic E-state index is -0.485. The summed E-state index contributed by atoms with van der Waals surface area (Å²) in [5.41, 5.74) is 0.763. The standard InChI is InChI=1S/C13H9BrClFO2/c14-11-5-9(2-1-8(11)7-17)18-10-3-4-13(16)12(15)6-10/h1-6,17H,7H2. The molecule has 0 bridgehead atoms. The molecule has 0 saturated carbocycles. The van der Waals surface area contributed by atoms with Crippen molar-refractivity contribution in [3.63, 3.8) is 0 Å². The number of benzene rings is 2. The smallest absolute Gasteiger partial charge is 0.142 e. The fourth-order valence-electron chi connectivity index (χ4n) is 1.40. The Balaban J connectivity index is 2.23. The molecule has 0 aliphatic rings. The molecule has 1 N–H and O–H groups in total. The molecule has 0 saturated heterocycles. The van der Waals surface area contributed by atoms with E-state index in [-0.39, 0.29) is 11.6 Å². The Labute approximate surface area is 117 Å². The molecule has 2 nitrogen and oxygen atoms in total. The molecule has 0 heterocycles. The van der Waals surface area contributed by atoms with E-state index in [0.29, 0.717) is 11.5 Å². The van der Waals surface area contributed by atoms with E-state index >= 15 is 0 Å². The van der Waals surface area contributed by atoms with E-state index in [0.717, 1.165) is 10.0 Å². The topological polar surface area (TPSA) is 29.5 Å². The first-order valence-corrected chi connectivity index (χ1v) is 6.29. The maximum absolute atomic E-state index is 13.0. The van der Waals surface area contributed by atoms with Crippen LogP contribution in [0.5, 0.6) is 11.5 Å². The molecular weight excluding hydrogens is 322 g/mol. The zero-order valence-electron chi connectivity index (χ0n) is 9.16. The lowest BCUT2D eigenvalue weighted by Crippen LogP contribution is -1.89. The molecule has 94 valence electrons. The van der Waals surface area contributed by atoms with Crippen LogP contribution in [-0.4, -0.2) is 5.11 Å². The Bertz CT molecular complexity index is 575. The summed E-state index contributed by atoms with van der Waals surface area (Å²) in [7, 11) is 0. The van der Waals surface area contributed by atoms with Gasteiger partial charge in [0.1, 0.15) is 17.3 Å². The van der Waals surface area contributed by atoms with Crippen LogP contribution in [0.15, 0.2) is 40.9 Å². The first-order chi connectivity index (χ1) is 8.60. The van der Waals surface area contributed by atoms with Gasteiger partial charge in [-0.25, -0.2) is 4.39 Å². The Kier molecular flexibility index (Phi) is 4.22. The highest BCUT2D eigenvalue weighted by atomic mass is 79.9. The molecule has 0 spiro atoms. The van der Waals surface area contributed by atoms with Crippen molar-refractivity contribution in [1.29, 1.82) is 0 Å². The summed E-state index contributed by atoms with van der Waals surface area (Å²) in [5.74, 6) is 0.535. The zero-order chi connectivity index (χ0) is 13.1. The molecule has 0 radical (unpaired) electrons. The van der Waals surface area contributed by atoms with Gasteiger partial charge in [-0.1, -0.05) is 33.6 Å². The van der Waals surface area contributed by atoms with Crippen molar-refractivity contribution in [2.24, 2.45) is 0 Å². The van der Waals surface area contributed by atoms with Crippen molar-refractivity contribution in [3.8, 4) is 11.5 Å². The molecule has 0 aliphatic carbocycles. The zero-order valence-corrected chi connectivity index (χ0v) is 11.5. The van der Waals surface area contributed by atoms with Gasteiger partial charge in [0.05, 0.1) is 11.6 Å². The van der Waals surface area contributed by atoms with E-state index in [4.69, 9.17) is 21.4 Å². The van der Waals surface area contributed by atoms with Gasteiger partial charge in [-0.05, 0) is 29.8 Å². The highest BCUT2D eigenvalue weighted by molar-refractivity contribution is 9.10. The van der Waals surface area contributed by atoms with Crippen LogP contribution in [0.4, 0.5) is 4.39 Å². The summed E-state index contributed by atoms with van der Waals surface area (Å²) < 4.78 is 19.3. The summed E-state index contributed by atoms with van der Waals surface area (Å²) in [6, 6.07) is 9.33. The fraction of sp³-hybridized carbons (Fsp3) is 0.0769. The number of ether oxygens (including phenoxy) is 1. The van der Waals surface area contributed by atoms with Crippen LogP contribution in [0.2, 0.25) is 5.02 Å². The highest BCUT2D eigenvalue weighted by Crippen LogP contribution is 2.29. The van der Waals surface area contributed by atoms with Crippen LogP contribution < -0.4 is 4.74 Å². The first kappa shape index (κ1) is 13.3. The predicted molar refractivity (Wildman–Crippen MR) is 71.5 cm³/mol. The summed E-state index contributed by atoms with van der Waals surface area (Å²) in [4.78, 5) is 0. The molecule has 2 aromatic rings. The van der Waals surface area contributed by atoms with Crippen LogP contribution in [0.25, 0.3) is 0 Å². The van der Waals surface area contributed by atoms with Crippen molar-refractivity contribution < 1.29 is 14.2 Å². The first-order valence-electron chi connectivity index (χ1n) is 5.12. The van der Waals surface area contributed by atoms with Crippen molar-refractivity contribution in [1.82, 2.24) is 0 Å². The second kappa shape index (κ2) is 5.69. The van der Waals surface area contributed by atoms with Gasteiger partial charge >= 0.3 is 0 Å². The van der Waals surface area contributed by atoms with Crippen LogP contribution in [0.1, 0.15) is 5.56 Å². The van der Waals surface area contributed by atoms with E-state index in [1.54, 1.807) is 18.2 Å². The van der Waals surface area contributed by atoms with Gasteiger partial charge in [-0.15, -0.1) is 0 Å². The Morgan fingerprint density at radius 3 is 2.44 bits per heavy atom. The van der Waals surface area contributed by atoms with Gasteiger partial charge in [-0.3, -0.25) is 0 Å². The molecule has 0 fully saturated rings. The van der Waals surface area contributed by atoms with Gasteiger partial charge in [0.15, 0.2) is 0 Å². The number of hydrogen-bond acceptors (Lipinski definition) is 2. The molecule has 0 atom stereocenters. The van der Waals surface area contributed by atoms with Crippen molar-refractivity contribution in [3.05, 3.63) is 57.3 Å². The van der Waals surface area contributed by atoms with Crippen LogP contribution in [-0.2, 0) is 6.61 Å².